The van der Waals surface area contributed by atoms with Crippen LogP contribution in [0.4, 0.5) is 9.52 Å². The van der Waals surface area contributed by atoms with Gasteiger partial charge in [-0.15, -0.1) is 0 Å². The Morgan fingerprint density at radius 2 is 2.09 bits per heavy atom. The van der Waals surface area contributed by atoms with Crippen molar-refractivity contribution >= 4 is 32.6 Å². The van der Waals surface area contributed by atoms with E-state index in [-0.39, 0.29) is 11.7 Å². The lowest BCUT2D eigenvalue weighted by molar-refractivity contribution is -0.122. The third-order valence-electron chi connectivity index (χ3n) is 3.28. The molecule has 0 bridgehead atoms. The minimum Gasteiger partial charge on any atom is -0.478 e. The number of carbonyl (C=O) groups excluding carboxylic acids is 1. The molecular weight excluding hydrogens is 315 g/mol. The minimum absolute atomic E-state index is 0.0510. The topological polar surface area (TPSA) is 51.2 Å². The van der Waals surface area contributed by atoms with Crippen LogP contribution in [-0.2, 0) is 4.79 Å². The van der Waals surface area contributed by atoms with E-state index in [1.165, 1.54) is 23.5 Å². The molecule has 0 unspecified atom stereocenters. The van der Waals surface area contributed by atoms with Gasteiger partial charge in [0, 0.05) is 0 Å². The van der Waals surface area contributed by atoms with Crippen LogP contribution >= 0.6 is 11.3 Å². The molecule has 1 aromatic heterocycles. The molecular formula is C17H15FN2O2S. The molecule has 118 valence electrons. The molecule has 0 fully saturated rings. The number of carbonyl (C=O) groups is 1. The van der Waals surface area contributed by atoms with Gasteiger partial charge in [-0.25, -0.2) is 9.37 Å². The monoisotopic (exact) mass is 330 g/mol. The summed E-state index contributed by atoms with van der Waals surface area (Å²) in [5.74, 6) is -0.818. The van der Waals surface area contributed by atoms with Crippen molar-refractivity contribution in [2.45, 2.75) is 20.0 Å². The highest BCUT2D eigenvalue weighted by atomic mass is 32.1. The van der Waals surface area contributed by atoms with E-state index in [2.05, 4.69) is 10.3 Å². The number of para-hydroxylation sites is 1. The van der Waals surface area contributed by atoms with E-state index in [4.69, 9.17) is 4.74 Å². The van der Waals surface area contributed by atoms with Crippen molar-refractivity contribution in [1.82, 2.24) is 4.98 Å². The van der Waals surface area contributed by atoms with E-state index in [0.29, 0.717) is 5.13 Å². The number of nitrogens with zero attached hydrogens (tertiary/aromatic N) is 1. The zero-order valence-corrected chi connectivity index (χ0v) is 13.5. The first-order chi connectivity index (χ1) is 11.0. The number of hydrogen-bond donors (Lipinski definition) is 1. The largest absolute Gasteiger partial charge is 0.478 e. The molecule has 0 aliphatic rings. The highest BCUT2D eigenvalue weighted by Crippen LogP contribution is 2.27. The van der Waals surface area contributed by atoms with Crippen LogP contribution in [-0.4, -0.2) is 17.0 Å². The fraction of sp³-hybridized carbons (Fsp3) is 0.176. The molecule has 0 radical (unpaired) electrons. The zero-order chi connectivity index (χ0) is 16.4. The van der Waals surface area contributed by atoms with Crippen molar-refractivity contribution in [1.29, 1.82) is 0 Å². The van der Waals surface area contributed by atoms with Gasteiger partial charge in [0.25, 0.3) is 5.91 Å². The lowest BCUT2D eigenvalue weighted by Gasteiger charge is -2.13. The Balaban J connectivity index is 1.71. The van der Waals surface area contributed by atoms with E-state index in [1.54, 1.807) is 19.1 Å². The molecule has 1 N–H and O–H groups in total. The molecule has 2 aromatic carbocycles. The number of aromatic nitrogens is 1. The third-order valence-corrected chi connectivity index (χ3v) is 4.22. The van der Waals surface area contributed by atoms with Gasteiger partial charge in [0.2, 0.25) is 0 Å². The number of benzene rings is 2. The summed E-state index contributed by atoms with van der Waals surface area (Å²) >= 11 is 1.39. The van der Waals surface area contributed by atoms with E-state index >= 15 is 0 Å². The summed E-state index contributed by atoms with van der Waals surface area (Å²) in [6, 6.07) is 11.9. The molecule has 0 aliphatic heterocycles. The van der Waals surface area contributed by atoms with Crippen LogP contribution in [0.1, 0.15) is 12.5 Å². The second-order valence-electron chi connectivity index (χ2n) is 5.17. The summed E-state index contributed by atoms with van der Waals surface area (Å²) in [5, 5.41) is 3.21. The quantitative estimate of drug-likeness (QED) is 0.782. The first-order valence-electron chi connectivity index (χ1n) is 7.12. The minimum atomic E-state index is -0.833. The fourth-order valence-electron chi connectivity index (χ4n) is 2.08. The SMILES string of the molecule is Cc1ccc2nc(NC(=O)[C@@H](C)Oc3ccccc3F)sc2c1. The van der Waals surface area contributed by atoms with E-state index < -0.39 is 11.9 Å². The van der Waals surface area contributed by atoms with Crippen molar-refractivity contribution in [3.63, 3.8) is 0 Å². The highest BCUT2D eigenvalue weighted by Gasteiger charge is 2.18. The summed E-state index contributed by atoms with van der Waals surface area (Å²) in [6.45, 7) is 3.57. The summed E-state index contributed by atoms with van der Waals surface area (Å²) in [7, 11) is 0. The number of fused-ring (bicyclic) bond motifs is 1. The number of thiazole rings is 1. The molecule has 1 atom stereocenters. The smallest absolute Gasteiger partial charge is 0.266 e. The van der Waals surface area contributed by atoms with Gasteiger partial charge in [0.15, 0.2) is 22.8 Å². The zero-order valence-electron chi connectivity index (χ0n) is 12.7. The molecule has 4 nitrogen and oxygen atoms in total. The summed E-state index contributed by atoms with van der Waals surface area (Å²) in [6.07, 6.45) is -0.833. The van der Waals surface area contributed by atoms with E-state index in [0.717, 1.165) is 15.8 Å². The van der Waals surface area contributed by atoms with Crippen molar-refractivity contribution in [3.05, 3.63) is 53.8 Å². The van der Waals surface area contributed by atoms with Crippen LogP contribution in [0, 0.1) is 12.7 Å². The van der Waals surface area contributed by atoms with Gasteiger partial charge in [-0.05, 0) is 43.7 Å². The Morgan fingerprint density at radius 1 is 1.30 bits per heavy atom. The molecule has 23 heavy (non-hydrogen) atoms. The summed E-state index contributed by atoms with van der Waals surface area (Å²) in [5.41, 5.74) is 1.97. The summed E-state index contributed by atoms with van der Waals surface area (Å²) < 4.78 is 19.9. The maximum atomic E-state index is 13.6. The molecule has 0 spiro atoms. The number of nitrogens with one attached hydrogen (secondary N) is 1. The summed E-state index contributed by atoms with van der Waals surface area (Å²) in [4.78, 5) is 16.5. The molecule has 3 rings (SSSR count). The maximum absolute atomic E-state index is 13.6. The van der Waals surface area contributed by atoms with Crippen LogP contribution < -0.4 is 10.1 Å². The van der Waals surface area contributed by atoms with Crippen molar-refractivity contribution in [3.8, 4) is 5.75 Å². The maximum Gasteiger partial charge on any atom is 0.266 e. The molecule has 0 aliphatic carbocycles. The third kappa shape index (κ3) is 3.48. The number of anilines is 1. The fourth-order valence-corrected chi connectivity index (χ4v) is 3.04. The van der Waals surface area contributed by atoms with Gasteiger partial charge in [0.1, 0.15) is 0 Å². The van der Waals surface area contributed by atoms with Crippen LogP contribution in [0.25, 0.3) is 10.2 Å². The Morgan fingerprint density at radius 3 is 2.87 bits per heavy atom. The van der Waals surface area contributed by atoms with Crippen LogP contribution in [0.15, 0.2) is 42.5 Å². The number of ether oxygens (including phenoxy) is 1. The van der Waals surface area contributed by atoms with Gasteiger partial charge in [-0.1, -0.05) is 29.5 Å². The molecule has 1 heterocycles. The van der Waals surface area contributed by atoms with Gasteiger partial charge >= 0.3 is 0 Å². The van der Waals surface area contributed by atoms with Gasteiger partial charge in [-0.2, -0.15) is 0 Å². The second kappa shape index (κ2) is 6.34. The first kappa shape index (κ1) is 15.4. The second-order valence-corrected chi connectivity index (χ2v) is 6.20. The van der Waals surface area contributed by atoms with Crippen molar-refractivity contribution in [2.24, 2.45) is 0 Å². The average Bonchev–Trinajstić information content (AvgIpc) is 2.90. The van der Waals surface area contributed by atoms with Gasteiger partial charge < -0.3 is 4.74 Å². The molecule has 0 saturated carbocycles. The normalized spacial score (nSPS) is 12.1. The average molecular weight is 330 g/mol. The van der Waals surface area contributed by atoms with Gasteiger partial charge in [-0.3, -0.25) is 10.1 Å². The number of hydrogen-bond acceptors (Lipinski definition) is 4. The van der Waals surface area contributed by atoms with Crippen LogP contribution in [0.3, 0.4) is 0 Å². The van der Waals surface area contributed by atoms with Crippen LogP contribution in [0.2, 0.25) is 0 Å². The number of aryl methyl sites for hydroxylation is 1. The van der Waals surface area contributed by atoms with Crippen molar-refractivity contribution < 1.29 is 13.9 Å². The Hall–Kier alpha value is -2.47. The lowest BCUT2D eigenvalue weighted by Crippen LogP contribution is -2.30. The first-order valence-corrected chi connectivity index (χ1v) is 7.94. The lowest BCUT2D eigenvalue weighted by atomic mass is 10.2. The Labute approximate surface area is 136 Å². The molecule has 6 heteroatoms. The van der Waals surface area contributed by atoms with E-state index in [1.807, 2.05) is 25.1 Å². The number of amides is 1. The Bertz CT molecular complexity index is 863. The van der Waals surface area contributed by atoms with E-state index in [9.17, 15) is 9.18 Å². The molecule has 3 aromatic rings. The predicted octanol–water partition coefficient (Wildman–Crippen LogP) is 4.15. The Kier molecular flexibility index (Phi) is 4.25. The van der Waals surface area contributed by atoms with Crippen molar-refractivity contribution in [2.75, 3.05) is 5.32 Å². The van der Waals surface area contributed by atoms with Crippen LogP contribution in [0.5, 0.6) is 5.75 Å². The van der Waals surface area contributed by atoms with Gasteiger partial charge in [0.05, 0.1) is 10.2 Å². The number of rotatable bonds is 4. The number of halogens is 1. The molecule has 0 saturated heterocycles. The molecule has 1 amide bonds. The predicted molar refractivity (Wildman–Crippen MR) is 89.5 cm³/mol. The highest BCUT2D eigenvalue weighted by molar-refractivity contribution is 7.22. The standard InChI is InChI=1S/C17H15FN2O2S/c1-10-7-8-13-15(9-10)23-17(19-13)20-16(21)11(2)22-14-6-4-3-5-12(14)18/h3-9,11H,1-2H3,(H,19,20,21)/t11-/m1/s1.